The zero-order valence-electron chi connectivity index (χ0n) is 23.9. The summed E-state index contributed by atoms with van der Waals surface area (Å²) in [5, 5.41) is 17.1. The molecule has 1 aliphatic carbocycles. The molecule has 0 bridgehead atoms. The Hall–Kier alpha value is -4.72. The van der Waals surface area contributed by atoms with Gasteiger partial charge in [-0.1, -0.05) is 26.0 Å². The van der Waals surface area contributed by atoms with Gasteiger partial charge < -0.3 is 16.2 Å². The summed E-state index contributed by atoms with van der Waals surface area (Å²) in [5.41, 5.74) is 4.24. The molecule has 236 valence electrons. The second-order valence-corrected chi connectivity index (χ2v) is 11.0. The van der Waals surface area contributed by atoms with Crippen LogP contribution < -0.4 is 11.1 Å². The molecule has 0 fully saturated rings. The van der Waals surface area contributed by atoms with Crippen molar-refractivity contribution in [2.24, 2.45) is 11.7 Å². The fourth-order valence-corrected chi connectivity index (χ4v) is 5.74. The van der Waals surface area contributed by atoms with Crippen LogP contribution in [-0.2, 0) is 23.9 Å². The van der Waals surface area contributed by atoms with Gasteiger partial charge in [-0.25, -0.2) is 13.2 Å². The van der Waals surface area contributed by atoms with E-state index < -0.39 is 77.2 Å². The molecule has 4 aromatic rings. The van der Waals surface area contributed by atoms with Gasteiger partial charge in [-0.05, 0) is 59.7 Å². The molecule has 5 rings (SSSR count). The average Bonchev–Trinajstić information content (AvgIpc) is 3.44. The quantitative estimate of drug-likeness (QED) is 0.226. The van der Waals surface area contributed by atoms with Crippen molar-refractivity contribution in [3.05, 3.63) is 106 Å². The summed E-state index contributed by atoms with van der Waals surface area (Å²) in [5.74, 6) is -5.76. The van der Waals surface area contributed by atoms with Gasteiger partial charge >= 0.3 is 6.18 Å². The van der Waals surface area contributed by atoms with Crippen molar-refractivity contribution < 1.29 is 41.0 Å². The molecule has 0 spiro atoms. The number of aromatic nitrogens is 3. The number of benzene rings is 2. The van der Waals surface area contributed by atoms with Crippen LogP contribution in [0.1, 0.15) is 70.5 Å². The molecule has 0 saturated heterocycles. The third-order valence-electron chi connectivity index (χ3n) is 8.02. The number of pyridine rings is 1. The molecule has 2 heterocycles. The van der Waals surface area contributed by atoms with Crippen LogP contribution in [0, 0.1) is 23.4 Å². The van der Waals surface area contributed by atoms with E-state index >= 15 is 0 Å². The van der Waals surface area contributed by atoms with Crippen molar-refractivity contribution >= 4 is 11.8 Å². The minimum atomic E-state index is -4.84. The number of hydrogen-bond donors (Lipinski definition) is 3. The van der Waals surface area contributed by atoms with Crippen LogP contribution in [0.15, 0.2) is 54.7 Å². The van der Waals surface area contributed by atoms with Crippen LogP contribution in [0.3, 0.4) is 0 Å². The van der Waals surface area contributed by atoms with Gasteiger partial charge in [0.15, 0.2) is 5.69 Å². The lowest BCUT2D eigenvalue weighted by Gasteiger charge is -2.22. The molecule has 4 atom stereocenters. The minimum absolute atomic E-state index is 0.115. The molecule has 45 heavy (non-hydrogen) atoms. The minimum Gasteiger partial charge on any atom is -0.387 e. The standard InChI is InChI=1S/C31H27F6N5O3/c1-14-15(2)28(44)27-25(14)29(31(35,36)37)41-42(27)13-24(43)40-23(10-16-8-18(32)12-19(33)9-16)26-20(4-3-7-39-26)17-5-6-22(34)21(11-17)30(38)45/h3-9,11-12,14-15,23,28,44H,10,13H2,1-2H3,(H2,38,45)(H,40,43)/t14-,15+,23-,28+/m0/s1. The number of rotatable bonds is 8. The van der Waals surface area contributed by atoms with Crippen LogP contribution in [0.2, 0.25) is 0 Å². The third-order valence-corrected chi connectivity index (χ3v) is 8.02. The summed E-state index contributed by atoms with van der Waals surface area (Å²) in [6.07, 6.45) is -5.00. The van der Waals surface area contributed by atoms with Gasteiger partial charge in [0.1, 0.15) is 24.0 Å². The van der Waals surface area contributed by atoms with Gasteiger partial charge in [-0.15, -0.1) is 0 Å². The van der Waals surface area contributed by atoms with Crippen LogP contribution >= 0.6 is 0 Å². The lowest BCUT2D eigenvalue weighted by atomic mass is 9.94. The van der Waals surface area contributed by atoms with Crippen molar-refractivity contribution in [2.75, 3.05) is 0 Å². The Balaban J connectivity index is 1.55. The van der Waals surface area contributed by atoms with E-state index in [9.17, 15) is 41.0 Å². The topological polar surface area (TPSA) is 123 Å². The fraction of sp³-hybridized carbons (Fsp3) is 0.290. The van der Waals surface area contributed by atoms with E-state index in [-0.39, 0.29) is 34.5 Å². The van der Waals surface area contributed by atoms with Crippen molar-refractivity contribution in [3.63, 3.8) is 0 Å². The maximum absolute atomic E-state index is 14.2. The molecule has 0 aliphatic heterocycles. The van der Waals surface area contributed by atoms with Gasteiger partial charge in [0.2, 0.25) is 5.91 Å². The number of nitrogens with one attached hydrogen (secondary N) is 1. The summed E-state index contributed by atoms with van der Waals surface area (Å²) < 4.78 is 84.9. The molecule has 0 saturated carbocycles. The molecule has 2 aromatic carbocycles. The van der Waals surface area contributed by atoms with Crippen molar-refractivity contribution in [1.82, 2.24) is 20.1 Å². The Morgan fingerprint density at radius 1 is 1.07 bits per heavy atom. The molecule has 2 aromatic heterocycles. The second kappa shape index (κ2) is 12.0. The highest BCUT2D eigenvalue weighted by molar-refractivity contribution is 5.94. The first-order valence-electron chi connectivity index (χ1n) is 13.8. The highest BCUT2D eigenvalue weighted by Gasteiger charge is 2.48. The number of aliphatic hydroxyl groups excluding tert-OH is 1. The number of aliphatic hydroxyl groups is 1. The van der Waals surface area contributed by atoms with E-state index in [1.54, 1.807) is 13.0 Å². The fourth-order valence-electron chi connectivity index (χ4n) is 5.74. The molecule has 0 radical (unpaired) electrons. The van der Waals surface area contributed by atoms with E-state index in [1.165, 1.54) is 31.3 Å². The maximum atomic E-state index is 14.2. The number of hydrogen-bond acceptors (Lipinski definition) is 5. The van der Waals surface area contributed by atoms with Crippen LogP contribution in [-0.4, -0.2) is 31.7 Å². The Bertz CT molecular complexity index is 1770. The third kappa shape index (κ3) is 6.27. The largest absolute Gasteiger partial charge is 0.435 e. The number of primary amides is 1. The lowest BCUT2D eigenvalue weighted by Crippen LogP contribution is -2.34. The number of carbonyl (C=O) groups excluding carboxylic acids is 2. The number of fused-ring (bicyclic) bond motifs is 1. The highest BCUT2D eigenvalue weighted by atomic mass is 19.4. The number of alkyl halides is 3. The van der Waals surface area contributed by atoms with Crippen LogP contribution in [0.25, 0.3) is 11.1 Å². The molecule has 8 nitrogen and oxygen atoms in total. The Morgan fingerprint density at radius 3 is 2.40 bits per heavy atom. The van der Waals surface area contributed by atoms with Gasteiger partial charge in [0.05, 0.1) is 29.1 Å². The van der Waals surface area contributed by atoms with Gasteiger partial charge in [0, 0.05) is 23.4 Å². The van der Waals surface area contributed by atoms with Crippen molar-refractivity contribution in [3.8, 4) is 11.1 Å². The van der Waals surface area contributed by atoms with E-state index in [0.717, 1.165) is 22.9 Å². The predicted octanol–water partition coefficient (Wildman–Crippen LogP) is 5.37. The SMILES string of the molecule is C[C@@H]1[C@H](C)c2c(C(F)(F)F)nn(CC(=O)N[C@@H](Cc3cc(F)cc(F)c3)c3ncccc3-c3ccc(F)c(C(N)=O)c3)c2[C@@H]1O. The Kier molecular flexibility index (Phi) is 8.45. The first-order valence-corrected chi connectivity index (χ1v) is 13.8. The van der Waals surface area contributed by atoms with Gasteiger partial charge in [0.25, 0.3) is 5.91 Å². The van der Waals surface area contributed by atoms with Crippen molar-refractivity contribution in [1.29, 1.82) is 0 Å². The summed E-state index contributed by atoms with van der Waals surface area (Å²) >= 11 is 0. The molecule has 14 heteroatoms. The molecule has 2 amide bonds. The van der Waals surface area contributed by atoms with E-state index in [4.69, 9.17) is 5.73 Å². The second-order valence-electron chi connectivity index (χ2n) is 11.0. The first kappa shape index (κ1) is 31.7. The highest BCUT2D eigenvalue weighted by Crippen LogP contribution is 2.49. The number of nitrogens with zero attached hydrogens (tertiary/aromatic N) is 3. The van der Waals surface area contributed by atoms with Crippen LogP contribution in [0.5, 0.6) is 0 Å². The monoisotopic (exact) mass is 631 g/mol. The van der Waals surface area contributed by atoms with E-state index in [2.05, 4.69) is 15.4 Å². The summed E-state index contributed by atoms with van der Waals surface area (Å²) in [4.78, 5) is 29.6. The van der Waals surface area contributed by atoms with Crippen molar-refractivity contribution in [2.45, 2.75) is 51.1 Å². The number of amides is 2. The summed E-state index contributed by atoms with van der Waals surface area (Å²) in [7, 11) is 0. The molecule has 4 N–H and O–H groups in total. The van der Waals surface area contributed by atoms with Gasteiger partial charge in [-0.3, -0.25) is 19.3 Å². The van der Waals surface area contributed by atoms with Gasteiger partial charge in [-0.2, -0.15) is 18.3 Å². The zero-order chi connectivity index (χ0) is 32.8. The van der Waals surface area contributed by atoms with E-state index in [0.29, 0.717) is 11.6 Å². The average molecular weight is 632 g/mol. The van der Waals surface area contributed by atoms with Crippen LogP contribution in [0.4, 0.5) is 26.3 Å². The number of halogens is 6. The summed E-state index contributed by atoms with van der Waals surface area (Å²) in [6, 6.07) is 8.26. The van der Waals surface area contributed by atoms with E-state index in [1.807, 2.05) is 0 Å². The normalized spacial score (nSPS) is 18.5. The Morgan fingerprint density at radius 2 is 1.76 bits per heavy atom. The number of nitrogens with two attached hydrogens (primary N) is 1. The molecular weight excluding hydrogens is 604 g/mol. The molecule has 1 aliphatic rings. The maximum Gasteiger partial charge on any atom is 0.435 e. The molecule has 0 unspecified atom stereocenters. The Labute approximate surface area is 252 Å². The predicted molar refractivity (Wildman–Crippen MR) is 149 cm³/mol. The smallest absolute Gasteiger partial charge is 0.387 e. The summed E-state index contributed by atoms with van der Waals surface area (Å²) in [6.45, 7) is 2.40. The zero-order valence-corrected chi connectivity index (χ0v) is 23.9. The lowest BCUT2D eigenvalue weighted by molar-refractivity contribution is -0.142. The number of carbonyl (C=O) groups is 2. The molecular formula is C31H27F6N5O3. The first-order chi connectivity index (χ1) is 21.1.